The van der Waals surface area contributed by atoms with Gasteiger partial charge in [0.15, 0.2) is 0 Å². The molecule has 0 bridgehead atoms. The zero-order chi connectivity index (χ0) is 25.4. The minimum absolute atomic E-state index is 0.0445. The Bertz CT molecular complexity index is 981. The second-order valence-corrected chi connectivity index (χ2v) is 10.0. The van der Waals surface area contributed by atoms with Crippen molar-refractivity contribution < 1.29 is 24.0 Å². The molecule has 0 radical (unpaired) electrons. The molecule has 1 aromatic heterocycles. The fraction of sp³-hybridized carbons (Fsp3) is 0.593. The van der Waals surface area contributed by atoms with Gasteiger partial charge in [0.2, 0.25) is 5.91 Å². The lowest BCUT2D eigenvalue weighted by Crippen LogP contribution is -2.40. The number of carboxylic acids is 1. The normalized spacial score (nSPS) is 15.2. The molecule has 1 atom stereocenters. The third-order valence-corrected chi connectivity index (χ3v) is 6.46. The Labute approximate surface area is 208 Å². The molecule has 1 aliphatic rings. The lowest BCUT2D eigenvalue weighted by Gasteiger charge is -2.38. The second-order valence-electron chi connectivity index (χ2n) is 10.0. The lowest BCUT2D eigenvalue weighted by atomic mass is 9.91. The number of benzene rings is 1. The van der Waals surface area contributed by atoms with Crippen LogP contribution in [0.4, 0.5) is 11.4 Å². The Kier molecular flexibility index (Phi) is 9.72. The third-order valence-electron chi connectivity index (χ3n) is 6.46. The van der Waals surface area contributed by atoms with E-state index in [1.807, 2.05) is 18.2 Å². The van der Waals surface area contributed by atoms with Crippen LogP contribution >= 0.6 is 0 Å². The predicted molar refractivity (Wildman–Crippen MR) is 136 cm³/mol. The number of anilines is 2. The fourth-order valence-electron chi connectivity index (χ4n) is 4.93. The molecule has 1 saturated carbocycles. The standard InChI is InChI=1S/C27H39N3O5/c1-18(2)16-30(23-8-6-5-7-9-23)25-11-10-20(21(17-34-4)14-27(32)33)13-24(25)28-26(31)15-22-12-19(3)35-29-22/h10-13,18,21,23H,5-9,14-17H2,1-4H3,(H,28,31)(H,32,33). The van der Waals surface area contributed by atoms with Gasteiger partial charge in [-0.2, -0.15) is 0 Å². The van der Waals surface area contributed by atoms with Gasteiger partial charge in [-0.3, -0.25) is 9.59 Å². The van der Waals surface area contributed by atoms with Gasteiger partial charge in [-0.25, -0.2) is 0 Å². The molecule has 0 aliphatic heterocycles. The smallest absolute Gasteiger partial charge is 0.304 e. The van der Waals surface area contributed by atoms with Crippen LogP contribution in [-0.2, 0) is 20.7 Å². The van der Waals surface area contributed by atoms with Gasteiger partial charge in [0.05, 0.1) is 36.5 Å². The highest BCUT2D eigenvalue weighted by molar-refractivity contribution is 5.95. The van der Waals surface area contributed by atoms with Crippen molar-refractivity contribution in [2.45, 2.75) is 77.7 Å². The molecule has 8 heteroatoms. The average molecular weight is 486 g/mol. The van der Waals surface area contributed by atoms with E-state index < -0.39 is 5.97 Å². The third kappa shape index (κ3) is 7.82. The van der Waals surface area contributed by atoms with Crippen LogP contribution in [0.25, 0.3) is 0 Å². The van der Waals surface area contributed by atoms with E-state index >= 15 is 0 Å². The van der Waals surface area contributed by atoms with Crippen molar-refractivity contribution in [1.29, 1.82) is 0 Å². The van der Waals surface area contributed by atoms with Gasteiger partial charge in [0.25, 0.3) is 0 Å². The van der Waals surface area contributed by atoms with Gasteiger partial charge in [-0.15, -0.1) is 0 Å². The van der Waals surface area contributed by atoms with E-state index in [4.69, 9.17) is 9.26 Å². The van der Waals surface area contributed by atoms with Crippen molar-refractivity contribution in [3.8, 4) is 0 Å². The number of aryl methyl sites for hydroxylation is 1. The van der Waals surface area contributed by atoms with Crippen LogP contribution < -0.4 is 10.2 Å². The van der Waals surface area contributed by atoms with Crippen LogP contribution in [0.1, 0.15) is 75.3 Å². The van der Waals surface area contributed by atoms with E-state index in [0.29, 0.717) is 29.1 Å². The van der Waals surface area contributed by atoms with Gasteiger partial charge >= 0.3 is 5.97 Å². The highest BCUT2D eigenvalue weighted by Gasteiger charge is 2.26. The van der Waals surface area contributed by atoms with Crippen molar-refractivity contribution in [3.63, 3.8) is 0 Å². The number of hydrogen-bond donors (Lipinski definition) is 2. The van der Waals surface area contributed by atoms with Crippen molar-refractivity contribution in [1.82, 2.24) is 5.16 Å². The van der Waals surface area contributed by atoms with Crippen molar-refractivity contribution in [2.75, 3.05) is 30.5 Å². The largest absolute Gasteiger partial charge is 0.481 e. The van der Waals surface area contributed by atoms with Gasteiger partial charge in [-0.05, 0) is 43.4 Å². The Morgan fingerprint density at radius 1 is 1.23 bits per heavy atom. The van der Waals surface area contributed by atoms with Crippen LogP contribution in [0, 0.1) is 12.8 Å². The zero-order valence-electron chi connectivity index (χ0n) is 21.4. The number of hydrogen-bond acceptors (Lipinski definition) is 6. The average Bonchev–Trinajstić information content (AvgIpc) is 3.21. The van der Waals surface area contributed by atoms with Crippen LogP contribution in [-0.4, -0.2) is 48.4 Å². The fourth-order valence-corrected chi connectivity index (χ4v) is 4.93. The summed E-state index contributed by atoms with van der Waals surface area (Å²) in [6.07, 6.45) is 6.00. The number of carbonyl (C=O) groups is 2. The molecular weight excluding hydrogens is 446 g/mol. The lowest BCUT2D eigenvalue weighted by molar-refractivity contribution is -0.137. The van der Waals surface area contributed by atoms with E-state index in [0.717, 1.165) is 30.6 Å². The van der Waals surface area contributed by atoms with E-state index in [1.54, 1.807) is 20.1 Å². The van der Waals surface area contributed by atoms with Crippen LogP contribution in [0.15, 0.2) is 28.8 Å². The number of carboxylic acid groups (broad SMARTS) is 1. The molecule has 8 nitrogen and oxygen atoms in total. The molecule has 1 unspecified atom stereocenters. The van der Waals surface area contributed by atoms with Gasteiger partial charge in [0.1, 0.15) is 5.76 Å². The van der Waals surface area contributed by atoms with Crippen LogP contribution in [0.2, 0.25) is 0 Å². The molecule has 2 aromatic rings. The Balaban J connectivity index is 1.97. The molecule has 1 amide bonds. The molecule has 1 aliphatic carbocycles. The van der Waals surface area contributed by atoms with Crippen LogP contribution in [0.3, 0.4) is 0 Å². The SMILES string of the molecule is COCC(CC(=O)O)c1ccc(N(CC(C)C)C2CCCCC2)c(NC(=O)Cc2cc(C)on2)c1. The first kappa shape index (κ1) is 26.7. The highest BCUT2D eigenvalue weighted by Crippen LogP contribution is 2.36. The minimum atomic E-state index is -0.883. The summed E-state index contributed by atoms with van der Waals surface area (Å²) in [5.41, 5.74) is 3.09. The summed E-state index contributed by atoms with van der Waals surface area (Å²) in [6.45, 7) is 7.37. The molecule has 2 N–H and O–H groups in total. The summed E-state index contributed by atoms with van der Waals surface area (Å²) in [5, 5.41) is 16.5. The Morgan fingerprint density at radius 2 is 1.97 bits per heavy atom. The molecule has 0 saturated heterocycles. The summed E-state index contributed by atoms with van der Waals surface area (Å²) < 4.78 is 10.4. The number of nitrogens with one attached hydrogen (secondary N) is 1. The first-order valence-electron chi connectivity index (χ1n) is 12.6. The van der Waals surface area contributed by atoms with E-state index in [1.165, 1.54) is 19.3 Å². The molecular formula is C27H39N3O5. The molecule has 3 rings (SSSR count). The quantitative estimate of drug-likeness (QED) is 0.428. The minimum Gasteiger partial charge on any atom is -0.481 e. The summed E-state index contributed by atoms with van der Waals surface area (Å²) in [6, 6.07) is 8.11. The number of ether oxygens (including phenoxy) is 1. The molecule has 1 fully saturated rings. The van der Waals surface area contributed by atoms with Crippen molar-refractivity contribution in [3.05, 3.63) is 41.3 Å². The van der Waals surface area contributed by atoms with Gasteiger partial charge < -0.3 is 24.6 Å². The summed E-state index contributed by atoms with van der Waals surface area (Å²) in [5.74, 6) is -0.273. The second kappa shape index (κ2) is 12.7. The Morgan fingerprint density at radius 3 is 2.57 bits per heavy atom. The van der Waals surface area contributed by atoms with E-state index in [-0.39, 0.29) is 31.3 Å². The van der Waals surface area contributed by atoms with Gasteiger partial charge in [0, 0.05) is 31.7 Å². The number of nitrogens with zero attached hydrogens (tertiary/aromatic N) is 2. The summed E-state index contributed by atoms with van der Waals surface area (Å²) in [7, 11) is 1.57. The molecule has 192 valence electrons. The monoisotopic (exact) mass is 485 g/mol. The van der Waals surface area contributed by atoms with Crippen LogP contribution in [0.5, 0.6) is 0 Å². The zero-order valence-corrected chi connectivity index (χ0v) is 21.4. The number of aliphatic carboxylic acids is 1. The number of aromatic nitrogens is 1. The first-order chi connectivity index (χ1) is 16.8. The maximum Gasteiger partial charge on any atom is 0.304 e. The van der Waals surface area contributed by atoms with E-state index in [2.05, 4.69) is 29.2 Å². The molecule has 1 aromatic carbocycles. The van der Waals surface area contributed by atoms with Crippen molar-refractivity contribution >= 4 is 23.3 Å². The topological polar surface area (TPSA) is 105 Å². The van der Waals surface area contributed by atoms with E-state index in [9.17, 15) is 14.7 Å². The van der Waals surface area contributed by atoms with Gasteiger partial charge in [-0.1, -0.05) is 44.3 Å². The molecule has 0 spiro atoms. The number of rotatable bonds is 12. The maximum atomic E-state index is 13.0. The number of carbonyl (C=O) groups excluding carboxylic acids is 1. The molecule has 35 heavy (non-hydrogen) atoms. The summed E-state index contributed by atoms with van der Waals surface area (Å²) >= 11 is 0. The van der Waals surface area contributed by atoms with Crippen molar-refractivity contribution in [2.24, 2.45) is 5.92 Å². The number of methoxy groups -OCH3 is 1. The molecule has 1 heterocycles. The maximum absolute atomic E-state index is 13.0. The predicted octanol–water partition coefficient (Wildman–Crippen LogP) is 5.16. The number of amides is 1. The first-order valence-corrected chi connectivity index (χ1v) is 12.6. The summed E-state index contributed by atoms with van der Waals surface area (Å²) in [4.78, 5) is 26.9. The Hall–Kier alpha value is -2.87. The highest BCUT2D eigenvalue weighted by atomic mass is 16.5.